The lowest BCUT2D eigenvalue weighted by atomic mass is 10.1. The highest BCUT2D eigenvalue weighted by atomic mass is 15.1. The Morgan fingerprint density at radius 3 is 2.33 bits per heavy atom. The predicted octanol–water partition coefficient (Wildman–Crippen LogP) is 2.10. The van der Waals surface area contributed by atoms with Crippen LogP contribution in [0.15, 0.2) is 18.2 Å². The van der Waals surface area contributed by atoms with E-state index in [2.05, 4.69) is 35.3 Å². The van der Waals surface area contributed by atoms with Crippen molar-refractivity contribution in [2.75, 3.05) is 31.4 Å². The lowest BCUT2D eigenvalue weighted by Crippen LogP contribution is -2.08. The van der Waals surface area contributed by atoms with E-state index in [0.717, 1.165) is 0 Å². The van der Waals surface area contributed by atoms with E-state index in [1.165, 1.54) is 16.9 Å². The molecule has 0 aromatic heterocycles. The molecule has 66 valence electrons. The fourth-order valence-electron chi connectivity index (χ4n) is 1.21. The molecule has 0 aliphatic carbocycles. The molecular weight excluding hydrogens is 148 g/mol. The van der Waals surface area contributed by atoms with E-state index in [1.807, 2.05) is 21.1 Å². The molecule has 1 N–H and O–H groups in total. The third-order valence-corrected chi connectivity index (χ3v) is 2.00. The lowest BCUT2D eigenvalue weighted by Gasteiger charge is -2.14. The van der Waals surface area contributed by atoms with Gasteiger partial charge in [0.2, 0.25) is 0 Å². The van der Waals surface area contributed by atoms with E-state index in [0.29, 0.717) is 0 Å². The molecule has 1 aromatic carbocycles. The Morgan fingerprint density at radius 1 is 1.25 bits per heavy atom. The Hall–Kier alpha value is -1.18. The van der Waals surface area contributed by atoms with Crippen molar-refractivity contribution in [1.29, 1.82) is 0 Å². The standard InChI is InChI=1S/C10H16N2/c1-8-7-9(12(3)4)5-6-10(8)11-2/h5-7,11H,1-4H3. The summed E-state index contributed by atoms with van der Waals surface area (Å²) in [7, 11) is 6.04. The van der Waals surface area contributed by atoms with Crippen LogP contribution in [0.4, 0.5) is 11.4 Å². The highest BCUT2D eigenvalue weighted by Crippen LogP contribution is 2.20. The third-order valence-electron chi connectivity index (χ3n) is 2.00. The van der Waals surface area contributed by atoms with Gasteiger partial charge in [0, 0.05) is 32.5 Å². The van der Waals surface area contributed by atoms with Crippen LogP contribution in [0, 0.1) is 6.92 Å². The summed E-state index contributed by atoms with van der Waals surface area (Å²) in [5.41, 5.74) is 3.72. The maximum absolute atomic E-state index is 3.14. The van der Waals surface area contributed by atoms with Crippen LogP contribution in [0.5, 0.6) is 0 Å². The molecule has 0 amide bonds. The monoisotopic (exact) mass is 164 g/mol. The van der Waals surface area contributed by atoms with E-state index < -0.39 is 0 Å². The number of benzene rings is 1. The molecular formula is C10H16N2. The minimum Gasteiger partial charge on any atom is -0.388 e. The van der Waals surface area contributed by atoms with E-state index in [1.54, 1.807) is 0 Å². The van der Waals surface area contributed by atoms with Gasteiger partial charge in [-0.2, -0.15) is 0 Å². The van der Waals surface area contributed by atoms with Gasteiger partial charge < -0.3 is 10.2 Å². The summed E-state index contributed by atoms with van der Waals surface area (Å²) in [4.78, 5) is 2.10. The molecule has 0 radical (unpaired) electrons. The molecule has 0 saturated heterocycles. The average molecular weight is 164 g/mol. The van der Waals surface area contributed by atoms with Crippen LogP contribution in [-0.4, -0.2) is 21.1 Å². The fourth-order valence-corrected chi connectivity index (χ4v) is 1.21. The molecule has 2 heteroatoms. The molecule has 1 rings (SSSR count). The second-order valence-corrected chi connectivity index (χ2v) is 3.14. The van der Waals surface area contributed by atoms with E-state index in [4.69, 9.17) is 0 Å². The van der Waals surface area contributed by atoms with Gasteiger partial charge in [-0.15, -0.1) is 0 Å². The SMILES string of the molecule is CNc1ccc(N(C)C)cc1C. The Labute approximate surface area is 74.2 Å². The second-order valence-electron chi connectivity index (χ2n) is 3.14. The Balaban J connectivity index is 3.02. The number of nitrogens with zero attached hydrogens (tertiary/aromatic N) is 1. The lowest BCUT2D eigenvalue weighted by molar-refractivity contribution is 1.13. The molecule has 1 aromatic rings. The van der Waals surface area contributed by atoms with Gasteiger partial charge in [-0.1, -0.05) is 0 Å². The molecule has 0 atom stereocenters. The summed E-state index contributed by atoms with van der Waals surface area (Å²) < 4.78 is 0. The Bertz CT molecular complexity index is 267. The number of hydrogen-bond donors (Lipinski definition) is 1. The maximum Gasteiger partial charge on any atom is 0.0368 e. The molecule has 0 bridgehead atoms. The number of rotatable bonds is 2. The van der Waals surface area contributed by atoms with Crippen LogP contribution in [0.1, 0.15) is 5.56 Å². The quantitative estimate of drug-likeness (QED) is 0.720. The largest absolute Gasteiger partial charge is 0.388 e. The van der Waals surface area contributed by atoms with E-state index in [-0.39, 0.29) is 0 Å². The molecule has 0 saturated carbocycles. The van der Waals surface area contributed by atoms with E-state index >= 15 is 0 Å². The van der Waals surface area contributed by atoms with Gasteiger partial charge in [-0.05, 0) is 30.7 Å². The molecule has 0 spiro atoms. The van der Waals surface area contributed by atoms with Crippen molar-refractivity contribution in [2.45, 2.75) is 6.92 Å². The average Bonchev–Trinajstić information content (AvgIpc) is 2.04. The molecule has 0 aliphatic heterocycles. The van der Waals surface area contributed by atoms with Crippen molar-refractivity contribution in [3.8, 4) is 0 Å². The normalized spacial score (nSPS) is 9.67. The molecule has 0 aliphatic rings. The summed E-state index contributed by atoms with van der Waals surface area (Å²) >= 11 is 0. The molecule has 12 heavy (non-hydrogen) atoms. The van der Waals surface area contributed by atoms with Gasteiger partial charge in [0.1, 0.15) is 0 Å². The van der Waals surface area contributed by atoms with Gasteiger partial charge in [0.15, 0.2) is 0 Å². The van der Waals surface area contributed by atoms with Crippen molar-refractivity contribution in [2.24, 2.45) is 0 Å². The zero-order valence-electron chi connectivity index (χ0n) is 8.18. The van der Waals surface area contributed by atoms with Gasteiger partial charge in [-0.25, -0.2) is 0 Å². The predicted molar refractivity (Wildman–Crippen MR) is 55.1 cm³/mol. The smallest absolute Gasteiger partial charge is 0.0368 e. The minimum atomic E-state index is 1.20. The zero-order chi connectivity index (χ0) is 9.14. The number of nitrogens with one attached hydrogen (secondary N) is 1. The van der Waals surface area contributed by atoms with Gasteiger partial charge in [-0.3, -0.25) is 0 Å². The van der Waals surface area contributed by atoms with Crippen molar-refractivity contribution in [3.05, 3.63) is 23.8 Å². The first-order valence-corrected chi connectivity index (χ1v) is 4.11. The van der Waals surface area contributed by atoms with Crippen LogP contribution < -0.4 is 10.2 Å². The maximum atomic E-state index is 3.14. The van der Waals surface area contributed by atoms with Gasteiger partial charge in [0.25, 0.3) is 0 Å². The van der Waals surface area contributed by atoms with Crippen molar-refractivity contribution >= 4 is 11.4 Å². The number of anilines is 2. The van der Waals surface area contributed by atoms with Crippen molar-refractivity contribution in [3.63, 3.8) is 0 Å². The van der Waals surface area contributed by atoms with Crippen LogP contribution in [-0.2, 0) is 0 Å². The third kappa shape index (κ3) is 1.70. The summed E-state index contributed by atoms with van der Waals surface area (Å²) in [6, 6.07) is 6.38. The first-order chi connectivity index (χ1) is 5.65. The summed E-state index contributed by atoms with van der Waals surface area (Å²) in [5.74, 6) is 0. The number of aryl methyl sites for hydroxylation is 1. The van der Waals surface area contributed by atoms with Crippen LogP contribution in [0.3, 0.4) is 0 Å². The molecule has 0 heterocycles. The van der Waals surface area contributed by atoms with Crippen molar-refractivity contribution in [1.82, 2.24) is 0 Å². The minimum absolute atomic E-state index is 1.20. The zero-order valence-corrected chi connectivity index (χ0v) is 8.18. The van der Waals surface area contributed by atoms with Gasteiger partial charge in [0.05, 0.1) is 0 Å². The summed E-state index contributed by atoms with van der Waals surface area (Å²) in [6.45, 7) is 2.11. The fraction of sp³-hybridized carbons (Fsp3) is 0.400. The summed E-state index contributed by atoms with van der Waals surface area (Å²) in [6.07, 6.45) is 0. The second kappa shape index (κ2) is 3.48. The van der Waals surface area contributed by atoms with Crippen LogP contribution in [0.2, 0.25) is 0 Å². The molecule has 2 nitrogen and oxygen atoms in total. The first-order valence-electron chi connectivity index (χ1n) is 4.11. The first kappa shape index (κ1) is 8.91. The topological polar surface area (TPSA) is 15.3 Å². The Morgan fingerprint density at radius 2 is 1.92 bits per heavy atom. The molecule has 0 unspecified atom stereocenters. The number of hydrogen-bond acceptors (Lipinski definition) is 2. The summed E-state index contributed by atoms with van der Waals surface area (Å²) in [5, 5.41) is 3.14. The molecule has 0 fully saturated rings. The Kier molecular flexibility index (Phi) is 2.58. The highest BCUT2D eigenvalue weighted by molar-refractivity contribution is 5.59. The van der Waals surface area contributed by atoms with Gasteiger partial charge >= 0.3 is 0 Å². The van der Waals surface area contributed by atoms with Crippen LogP contribution >= 0.6 is 0 Å². The van der Waals surface area contributed by atoms with Crippen LogP contribution in [0.25, 0.3) is 0 Å². The van der Waals surface area contributed by atoms with Crippen molar-refractivity contribution < 1.29 is 0 Å². The van der Waals surface area contributed by atoms with E-state index in [9.17, 15) is 0 Å². The highest BCUT2D eigenvalue weighted by Gasteiger charge is 1.98.